The summed E-state index contributed by atoms with van der Waals surface area (Å²) in [5, 5.41) is 13.5. The molecule has 1 atom stereocenters. The minimum absolute atomic E-state index is 0.149. The van der Waals surface area contributed by atoms with E-state index in [-0.39, 0.29) is 5.92 Å². The van der Waals surface area contributed by atoms with Crippen LogP contribution >= 0.6 is 0 Å². The molecule has 0 aliphatic carbocycles. The molecule has 1 N–H and O–H groups in total. The zero-order valence-corrected chi connectivity index (χ0v) is 10.7. The van der Waals surface area contributed by atoms with Gasteiger partial charge in [0, 0.05) is 12.4 Å². The fourth-order valence-corrected chi connectivity index (χ4v) is 1.35. The first kappa shape index (κ1) is 12.6. The molecule has 0 aliphatic rings. The van der Waals surface area contributed by atoms with Crippen LogP contribution < -0.4 is 0 Å². The topological polar surface area (TPSA) is 84.9 Å². The lowest BCUT2D eigenvalue weighted by molar-refractivity contribution is 0.116. The molecule has 0 aromatic carbocycles. The molecule has 0 saturated carbocycles. The van der Waals surface area contributed by atoms with Gasteiger partial charge in [-0.05, 0) is 18.4 Å². The van der Waals surface area contributed by atoms with Crippen molar-refractivity contribution >= 4 is 0 Å². The zero-order chi connectivity index (χ0) is 13.1. The maximum Gasteiger partial charge on any atom is 0.240 e. The minimum atomic E-state index is -0.489. The molecule has 96 valence electrons. The molecule has 6 heteroatoms. The van der Waals surface area contributed by atoms with Crippen LogP contribution in [0.1, 0.15) is 25.3 Å². The number of rotatable bonds is 4. The van der Waals surface area contributed by atoms with Crippen molar-refractivity contribution in [2.75, 3.05) is 0 Å². The van der Waals surface area contributed by atoms with Crippen LogP contribution in [0.15, 0.2) is 16.9 Å². The summed E-state index contributed by atoms with van der Waals surface area (Å²) in [6.45, 7) is 5.78. The number of aliphatic hydroxyl groups excluding tert-OH is 1. The standard InChI is InChI=1S/C12H16N4O2/c1-7(2)9(17)4-10-15-12(16-18-10)11-13-5-8(3)6-14-11/h5-7,9,17H,4H2,1-3H3. The number of aromatic nitrogens is 4. The molecule has 18 heavy (non-hydrogen) atoms. The van der Waals surface area contributed by atoms with Gasteiger partial charge in [0.1, 0.15) is 0 Å². The Bertz CT molecular complexity index is 507. The van der Waals surface area contributed by atoms with Crippen molar-refractivity contribution in [1.29, 1.82) is 0 Å². The Balaban J connectivity index is 2.13. The highest BCUT2D eigenvalue weighted by Crippen LogP contribution is 2.13. The summed E-state index contributed by atoms with van der Waals surface area (Å²) in [5.41, 5.74) is 0.970. The second-order valence-corrected chi connectivity index (χ2v) is 4.61. The fourth-order valence-electron chi connectivity index (χ4n) is 1.35. The Morgan fingerprint density at radius 3 is 2.50 bits per heavy atom. The maximum absolute atomic E-state index is 9.74. The third-order valence-electron chi connectivity index (χ3n) is 2.60. The smallest absolute Gasteiger partial charge is 0.240 e. The van der Waals surface area contributed by atoms with Crippen LogP contribution in [0.2, 0.25) is 0 Å². The normalized spacial score (nSPS) is 12.9. The monoisotopic (exact) mass is 248 g/mol. The van der Waals surface area contributed by atoms with Gasteiger partial charge in [0.25, 0.3) is 0 Å². The summed E-state index contributed by atoms with van der Waals surface area (Å²) in [7, 11) is 0. The largest absolute Gasteiger partial charge is 0.392 e. The summed E-state index contributed by atoms with van der Waals surface area (Å²) in [4.78, 5) is 12.4. The van der Waals surface area contributed by atoms with E-state index in [0.717, 1.165) is 5.56 Å². The molecular formula is C12H16N4O2. The van der Waals surface area contributed by atoms with Gasteiger partial charge in [-0.3, -0.25) is 0 Å². The van der Waals surface area contributed by atoms with Crippen LogP contribution in [0.5, 0.6) is 0 Å². The van der Waals surface area contributed by atoms with Crippen LogP contribution in [-0.4, -0.2) is 31.3 Å². The average Bonchev–Trinajstić information content (AvgIpc) is 2.78. The van der Waals surface area contributed by atoms with E-state index in [1.165, 1.54) is 0 Å². The Hall–Kier alpha value is -1.82. The first-order valence-corrected chi connectivity index (χ1v) is 5.86. The highest BCUT2D eigenvalue weighted by molar-refractivity contribution is 5.40. The van der Waals surface area contributed by atoms with E-state index in [2.05, 4.69) is 20.1 Å². The number of hydrogen-bond donors (Lipinski definition) is 1. The van der Waals surface area contributed by atoms with Gasteiger partial charge in [-0.25, -0.2) is 9.97 Å². The van der Waals surface area contributed by atoms with Crippen LogP contribution in [0.25, 0.3) is 11.6 Å². The summed E-state index contributed by atoms with van der Waals surface area (Å²) in [5.74, 6) is 1.32. The molecule has 2 heterocycles. The van der Waals surface area contributed by atoms with Crippen LogP contribution in [0.3, 0.4) is 0 Å². The van der Waals surface area contributed by atoms with Crippen molar-refractivity contribution < 1.29 is 9.63 Å². The van der Waals surface area contributed by atoms with Gasteiger partial charge < -0.3 is 9.63 Å². The summed E-state index contributed by atoms with van der Waals surface area (Å²) in [6.07, 6.45) is 3.25. The van der Waals surface area contributed by atoms with Gasteiger partial charge in [0.2, 0.25) is 17.5 Å². The SMILES string of the molecule is Cc1cnc(-c2noc(CC(O)C(C)C)n2)nc1. The number of hydrogen-bond acceptors (Lipinski definition) is 6. The van der Waals surface area contributed by atoms with Crippen molar-refractivity contribution in [2.45, 2.75) is 33.3 Å². The average molecular weight is 248 g/mol. The predicted octanol–water partition coefficient (Wildman–Crippen LogP) is 1.39. The number of aryl methyl sites for hydroxylation is 1. The second kappa shape index (κ2) is 5.22. The highest BCUT2D eigenvalue weighted by atomic mass is 16.5. The van der Waals surface area contributed by atoms with Gasteiger partial charge in [0.05, 0.1) is 12.5 Å². The molecule has 2 rings (SSSR count). The zero-order valence-electron chi connectivity index (χ0n) is 10.7. The summed E-state index contributed by atoms with van der Waals surface area (Å²) < 4.78 is 5.07. The fraction of sp³-hybridized carbons (Fsp3) is 0.500. The lowest BCUT2D eigenvalue weighted by Gasteiger charge is -2.10. The molecule has 6 nitrogen and oxygen atoms in total. The lowest BCUT2D eigenvalue weighted by Crippen LogP contribution is -2.17. The molecule has 2 aromatic rings. The van der Waals surface area contributed by atoms with Crippen LogP contribution in [0, 0.1) is 12.8 Å². The maximum atomic E-state index is 9.74. The highest BCUT2D eigenvalue weighted by Gasteiger charge is 2.16. The third-order valence-corrected chi connectivity index (χ3v) is 2.60. The predicted molar refractivity (Wildman–Crippen MR) is 64.6 cm³/mol. The Morgan fingerprint density at radius 1 is 1.22 bits per heavy atom. The number of aliphatic hydroxyl groups is 1. The second-order valence-electron chi connectivity index (χ2n) is 4.61. The lowest BCUT2D eigenvalue weighted by atomic mass is 10.0. The molecule has 0 bridgehead atoms. The van der Waals surface area contributed by atoms with Crippen molar-refractivity contribution in [1.82, 2.24) is 20.1 Å². The van der Waals surface area contributed by atoms with E-state index in [0.29, 0.717) is 24.0 Å². The van der Waals surface area contributed by atoms with Gasteiger partial charge in [-0.15, -0.1) is 0 Å². The van der Waals surface area contributed by atoms with E-state index in [4.69, 9.17) is 4.52 Å². The molecule has 0 amide bonds. The summed E-state index contributed by atoms with van der Waals surface area (Å²) >= 11 is 0. The number of nitrogens with zero attached hydrogens (tertiary/aromatic N) is 4. The molecular weight excluding hydrogens is 232 g/mol. The van der Waals surface area contributed by atoms with E-state index in [1.54, 1.807) is 12.4 Å². The van der Waals surface area contributed by atoms with E-state index in [9.17, 15) is 5.11 Å². The third kappa shape index (κ3) is 2.89. The van der Waals surface area contributed by atoms with E-state index < -0.39 is 6.10 Å². The molecule has 0 fully saturated rings. The van der Waals surface area contributed by atoms with E-state index in [1.807, 2.05) is 20.8 Å². The van der Waals surface area contributed by atoms with Gasteiger partial charge >= 0.3 is 0 Å². The molecule has 0 radical (unpaired) electrons. The molecule has 1 unspecified atom stereocenters. The van der Waals surface area contributed by atoms with Crippen LogP contribution in [0.4, 0.5) is 0 Å². The van der Waals surface area contributed by atoms with Crippen molar-refractivity contribution in [3.63, 3.8) is 0 Å². The minimum Gasteiger partial charge on any atom is -0.392 e. The Labute approximate surface area is 105 Å². The van der Waals surface area contributed by atoms with Crippen molar-refractivity contribution in [3.8, 4) is 11.6 Å². The van der Waals surface area contributed by atoms with Crippen molar-refractivity contribution in [3.05, 3.63) is 23.8 Å². The first-order chi connectivity index (χ1) is 8.56. The molecule has 2 aromatic heterocycles. The Kier molecular flexibility index (Phi) is 3.66. The van der Waals surface area contributed by atoms with Gasteiger partial charge in [-0.2, -0.15) is 4.98 Å². The molecule has 0 aliphatic heterocycles. The quantitative estimate of drug-likeness (QED) is 0.880. The Morgan fingerprint density at radius 2 is 1.89 bits per heavy atom. The van der Waals surface area contributed by atoms with Crippen molar-refractivity contribution in [2.24, 2.45) is 5.92 Å². The first-order valence-electron chi connectivity index (χ1n) is 5.86. The van der Waals surface area contributed by atoms with Gasteiger partial charge in [0.15, 0.2) is 0 Å². The van der Waals surface area contributed by atoms with Crippen LogP contribution in [-0.2, 0) is 6.42 Å². The molecule has 0 saturated heterocycles. The molecule has 0 spiro atoms. The van der Waals surface area contributed by atoms with Gasteiger partial charge in [-0.1, -0.05) is 19.0 Å². The summed E-state index contributed by atoms with van der Waals surface area (Å²) in [6, 6.07) is 0. The van der Waals surface area contributed by atoms with E-state index >= 15 is 0 Å².